The highest BCUT2D eigenvalue weighted by Gasteiger charge is 2.25. The zero-order valence-electron chi connectivity index (χ0n) is 16.2. The van der Waals surface area contributed by atoms with E-state index in [0.29, 0.717) is 36.1 Å². The predicted octanol–water partition coefficient (Wildman–Crippen LogP) is 0.961. The quantitative estimate of drug-likeness (QED) is 0.722. The van der Waals surface area contributed by atoms with Gasteiger partial charge in [-0.2, -0.15) is 9.78 Å². The maximum Gasteiger partial charge on any atom is 0.352 e. The van der Waals surface area contributed by atoms with E-state index >= 15 is 0 Å². The third-order valence-corrected chi connectivity index (χ3v) is 4.58. The second-order valence-corrected chi connectivity index (χ2v) is 6.69. The number of rotatable bonds is 8. The summed E-state index contributed by atoms with van der Waals surface area (Å²) >= 11 is 0. The molecule has 1 amide bonds. The molecule has 1 N–H and O–H groups in total. The fraction of sp³-hybridized carbons (Fsp3) is 0.474. The van der Waals surface area contributed by atoms with Gasteiger partial charge in [0.1, 0.15) is 0 Å². The van der Waals surface area contributed by atoms with Gasteiger partial charge in [-0.05, 0) is 37.3 Å². The molecule has 0 saturated heterocycles. The molecule has 1 heterocycles. The van der Waals surface area contributed by atoms with Gasteiger partial charge in [0, 0.05) is 19.2 Å². The molecule has 1 fully saturated rings. The van der Waals surface area contributed by atoms with Gasteiger partial charge >= 0.3 is 5.69 Å². The van der Waals surface area contributed by atoms with Crippen LogP contribution in [0, 0.1) is 5.92 Å². The first-order valence-corrected chi connectivity index (χ1v) is 9.24. The summed E-state index contributed by atoms with van der Waals surface area (Å²) in [4.78, 5) is 38.0. The van der Waals surface area contributed by atoms with E-state index in [1.165, 1.54) is 14.2 Å². The average molecular weight is 388 g/mol. The van der Waals surface area contributed by atoms with E-state index in [2.05, 4.69) is 10.4 Å². The summed E-state index contributed by atoms with van der Waals surface area (Å²) < 4.78 is 12.6. The molecule has 2 aromatic rings. The van der Waals surface area contributed by atoms with Gasteiger partial charge in [-0.15, -0.1) is 0 Å². The molecular weight excluding hydrogens is 364 g/mol. The molecule has 9 nitrogen and oxygen atoms in total. The lowest BCUT2D eigenvalue weighted by molar-refractivity contribution is 0.0942. The number of benzene rings is 1. The van der Waals surface area contributed by atoms with Crippen LogP contribution in [0.3, 0.4) is 0 Å². The van der Waals surface area contributed by atoms with Gasteiger partial charge < -0.3 is 14.8 Å². The fourth-order valence-corrected chi connectivity index (χ4v) is 2.85. The van der Waals surface area contributed by atoms with Crippen molar-refractivity contribution in [3.05, 3.63) is 44.7 Å². The van der Waals surface area contributed by atoms with Crippen LogP contribution in [0.5, 0.6) is 11.5 Å². The Kier molecular flexibility index (Phi) is 5.81. The number of nitrogens with one attached hydrogen (secondary N) is 1. The van der Waals surface area contributed by atoms with Crippen molar-refractivity contribution in [2.45, 2.75) is 32.7 Å². The smallest absolute Gasteiger partial charge is 0.352 e. The normalized spacial score (nSPS) is 13.2. The van der Waals surface area contributed by atoms with E-state index in [-0.39, 0.29) is 12.2 Å². The van der Waals surface area contributed by atoms with Crippen molar-refractivity contribution in [3.63, 3.8) is 0 Å². The first-order valence-electron chi connectivity index (χ1n) is 9.24. The Balaban J connectivity index is 2.10. The van der Waals surface area contributed by atoms with Crippen LogP contribution in [0.4, 0.5) is 0 Å². The van der Waals surface area contributed by atoms with Crippen molar-refractivity contribution in [3.8, 4) is 17.2 Å². The monoisotopic (exact) mass is 388 g/mol. The summed E-state index contributed by atoms with van der Waals surface area (Å²) in [6.45, 7) is 2.54. The molecule has 0 aliphatic heterocycles. The topological polar surface area (TPSA) is 104 Å². The van der Waals surface area contributed by atoms with Crippen molar-refractivity contribution in [2.75, 3.05) is 20.8 Å². The number of hydrogen-bond donors (Lipinski definition) is 1. The van der Waals surface area contributed by atoms with Crippen molar-refractivity contribution < 1.29 is 14.3 Å². The molecule has 150 valence electrons. The average Bonchev–Trinajstić information content (AvgIpc) is 3.53. The standard InChI is InChI=1S/C19H24N4O5/c1-4-9-22-18(25)16(17(24)20-11-12-5-6-12)21-23(19(22)26)13-7-8-14(27-2)15(10-13)28-3/h7-8,10,12H,4-6,9,11H2,1-3H3,(H,20,24). The highest BCUT2D eigenvalue weighted by atomic mass is 16.5. The zero-order valence-corrected chi connectivity index (χ0v) is 16.2. The van der Waals surface area contributed by atoms with Crippen molar-refractivity contribution in [1.82, 2.24) is 19.7 Å². The minimum Gasteiger partial charge on any atom is -0.493 e. The maximum absolute atomic E-state index is 12.8. The summed E-state index contributed by atoms with van der Waals surface area (Å²) in [6.07, 6.45) is 2.70. The molecule has 1 saturated carbocycles. The third kappa shape index (κ3) is 3.92. The molecule has 1 aliphatic carbocycles. The van der Waals surface area contributed by atoms with Crippen LogP contribution in [-0.4, -0.2) is 41.0 Å². The lowest BCUT2D eigenvalue weighted by Gasteiger charge is -2.13. The van der Waals surface area contributed by atoms with Gasteiger partial charge in [-0.1, -0.05) is 6.92 Å². The first kappa shape index (κ1) is 19.7. The molecule has 0 spiro atoms. The van der Waals surface area contributed by atoms with Gasteiger partial charge in [-0.25, -0.2) is 4.79 Å². The lowest BCUT2D eigenvalue weighted by Crippen LogP contribution is -2.46. The predicted molar refractivity (Wildman–Crippen MR) is 103 cm³/mol. The SMILES string of the molecule is CCCn1c(=O)c(C(=O)NCC2CC2)nn(-c2ccc(OC)c(OC)c2)c1=O. The van der Waals surface area contributed by atoms with Gasteiger partial charge in [0.25, 0.3) is 11.5 Å². The Bertz CT molecular complexity index is 991. The highest BCUT2D eigenvalue weighted by molar-refractivity contribution is 5.91. The highest BCUT2D eigenvalue weighted by Crippen LogP contribution is 2.28. The molecule has 0 bridgehead atoms. The van der Waals surface area contributed by atoms with Crippen LogP contribution in [0.1, 0.15) is 36.7 Å². The molecule has 1 aromatic heterocycles. The lowest BCUT2D eigenvalue weighted by atomic mass is 10.2. The Labute approximate surface area is 161 Å². The molecular formula is C19H24N4O5. The Morgan fingerprint density at radius 3 is 2.54 bits per heavy atom. The van der Waals surface area contributed by atoms with Gasteiger partial charge in [0.2, 0.25) is 5.69 Å². The van der Waals surface area contributed by atoms with Gasteiger partial charge in [-0.3, -0.25) is 14.2 Å². The summed E-state index contributed by atoms with van der Waals surface area (Å²) in [6, 6.07) is 4.81. The molecule has 0 radical (unpaired) electrons. The Hall–Kier alpha value is -3.10. The largest absolute Gasteiger partial charge is 0.493 e. The molecule has 1 aromatic carbocycles. The number of carbonyl (C=O) groups excluding carboxylic acids is 1. The van der Waals surface area contributed by atoms with Gasteiger partial charge in [0.05, 0.1) is 19.9 Å². The van der Waals surface area contributed by atoms with E-state index in [9.17, 15) is 14.4 Å². The number of carbonyl (C=O) groups is 1. The first-order chi connectivity index (χ1) is 13.5. The minimum absolute atomic E-state index is 0.191. The fourth-order valence-electron chi connectivity index (χ4n) is 2.85. The number of aromatic nitrogens is 3. The number of hydrogen-bond acceptors (Lipinski definition) is 6. The number of methoxy groups -OCH3 is 2. The molecule has 9 heteroatoms. The van der Waals surface area contributed by atoms with Crippen molar-refractivity contribution >= 4 is 5.91 Å². The summed E-state index contributed by atoms with van der Waals surface area (Å²) in [7, 11) is 2.98. The molecule has 1 aliphatic rings. The molecule has 0 atom stereocenters. The van der Waals surface area contributed by atoms with Crippen LogP contribution in [0.25, 0.3) is 5.69 Å². The van der Waals surface area contributed by atoms with Crippen LogP contribution in [0.15, 0.2) is 27.8 Å². The van der Waals surface area contributed by atoms with Crippen LogP contribution in [-0.2, 0) is 6.54 Å². The van der Waals surface area contributed by atoms with Crippen molar-refractivity contribution in [2.24, 2.45) is 5.92 Å². The minimum atomic E-state index is -0.683. The third-order valence-electron chi connectivity index (χ3n) is 4.58. The van der Waals surface area contributed by atoms with Crippen LogP contribution >= 0.6 is 0 Å². The summed E-state index contributed by atoms with van der Waals surface area (Å²) in [5.41, 5.74) is -1.23. The van der Waals surface area contributed by atoms with Crippen LogP contribution < -0.4 is 26.0 Å². The summed E-state index contributed by atoms with van der Waals surface area (Å²) in [5.74, 6) is 0.778. The van der Waals surface area contributed by atoms with E-state index < -0.39 is 17.2 Å². The Morgan fingerprint density at radius 2 is 1.93 bits per heavy atom. The van der Waals surface area contributed by atoms with E-state index in [1.807, 2.05) is 6.92 Å². The molecule has 28 heavy (non-hydrogen) atoms. The van der Waals surface area contributed by atoms with Gasteiger partial charge in [0.15, 0.2) is 11.5 Å². The number of ether oxygens (including phenoxy) is 2. The second kappa shape index (κ2) is 8.28. The summed E-state index contributed by atoms with van der Waals surface area (Å²) in [5, 5.41) is 6.81. The number of amides is 1. The van der Waals surface area contributed by atoms with E-state index in [4.69, 9.17) is 9.47 Å². The maximum atomic E-state index is 12.8. The van der Waals surface area contributed by atoms with Crippen LogP contribution in [0.2, 0.25) is 0 Å². The molecule has 0 unspecified atom stereocenters. The van der Waals surface area contributed by atoms with E-state index in [0.717, 1.165) is 22.1 Å². The van der Waals surface area contributed by atoms with E-state index in [1.54, 1.807) is 18.2 Å². The Morgan fingerprint density at radius 1 is 1.21 bits per heavy atom. The number of nitrogens with zero attached hydrogens (tertiary/aromatic N) is 3. The second-order valence-electron chi connectivity index (χ2n) is 6.69. The molecule has 3 rings (SSSR count). The zero-order chi connectivity index (χ0) is 20.3. The van der Waals surface area contributed by atoms with Crippen molar-refractivity contribution in [1.29, 1.82) is 0 Å².